The van der Waals surface area contributed by atoms with Gasteiger partial charge in [0.15, 0.2) is 0 Å². The molecule has 222 valence electrons. The standard InChI is InChI=1S/C30H34ClN5O5S/c31-25-3-1-24-18-27(4-2-23(24)17-25)42(39,40)35-20-28(30(38)34-13-15-41-16-14-34)36(29(37)21-35)19-22-7-11-33(12-8-22)26-5-9-32-10-6-26/h1-6,9-10,17-18,22,28H,7-8,11-16,19-21H2/t28-/m1/s1. The number of piperidine rings is 1. The molecule has 3 saturated heterocycles. The molecule has 10 nitrogen and oxygen atoms in total. The monoisotopic (exact) mass is 611 g/mol. The Morgan fingerprint density at radius 2 is 1.64 bits per heavy atom. The van der Waals surface area contributed by atoms with E-state index in [2.05, 4.69) is 9.88 Å². The molecule has 3 aliphatic heterocycles. The van der Waals surface area contributed by atoms with Crippen LogP contribution in [0.2, 0.25) is 5.02 Å². The summed E-state index contributed by atoms with van der Waals surface area (Å²) in [5.41, 5.74) is 1.12. The fraction of sp³-hybridized carbons (Fsp3) is 0.433. The normalized spacial score (nSPS) is 21.2. The number of rotatable bonds is 6. The van der Waals surface area contributed by atoms with Gasteiger partial charge in [-0.15, -0.1) is 0 Å². The first-order valence-corrected chi connectivity index (χ1v) is 16.1. The fourth-order valence-electron chi connectivity index (χ4n) is 6.10. The van der Waals surface area contributed by atoms with Crippen molar-refractivity contribution in [2.45, 2.75) is 23.8 Å². The van der Waals surface area contributed by atoms with Gasteiger partial charge in [-0.2, -0.15) is 4.31 Å². The number of ether oxygens (including phenoxy) is 1. The third-order valence-corrected chi connectivity index (χ3v) is 10.5. The second-order valence-electron chi connectivity index (χ2n) is 11.1. The molecule has 1 atom stereocenters. The molecule has 2 aromatic carbocycles. The quantitative estimate of drug-likeness (QED) is 0.422. The van der Waals surface area contributed by atoms with Crippen LogP contribution in [0.25, 0.3) is 10.8 Å². The van der Waals surface area contributed by atoms with Crippen LogP contribution < -0.4 is 4.90 Å². The second kappa shape index (κ2) is 12.2. The van der Waals surface area contributed by atoms with Gasteiger partial charge < -0.3 is 19.4 Å². The highest BCUT2D eigenvalue weighted by Gasteiger charge is 2.44. The molecule has 0 aliphatic carbocycles. The minimum Gasteiger partial charge on any atom is -0.378 e. The molecule has 3 fully saturated rings. The van der Waals surface area contributed by atoms with E-state index >= 15 is 0 Å². The Labute approximate surface area is 250 Å². The molecule has 0 unspecified atom stereocenters. The van der Waals surface area contributed by atoms with Crippen LogP contribution >= 0.6 is 11.6 Å². The molecule has 3 aromatic rings. The van der Waals surface area contributed by atoms with Crippen molar-refractivity contribution in [3.8, 4) is 0 Å². The van der Waals surface area contributed by atoms with Crippen LogP contribution in [-0.2, 0) is 24.3 Å². The van der Waals surface area contributed by atoms with Crippen LogP contribution in [0.5, 0.6) is 0 Å². The number of hydrogen-bond acceptors (Lipinski definition) is 7. The number of pyridine rings is 1. The molecule has 0 bridgehead atoms. The third kappa shape index (κ3) is 5.96. The summed E-state index contributed by atoms with van der Waals surface area (Å²) >= 11 is 6.10. The van der Waals surface area contributed by atoms with Crippen molar-refractivity contribution in [1.82, 2.24) is 19.1 Å². The van der Waals surface area contributed by atoms with Crippen LogP contribution in [0.4, 0.5) is 5.69 Å². The number of carbonyl (C=O) groups is 2. The lowest BCUT2D eigenvalue weighted by molar-refractivity contribution is -0.152. The number of nitrogens with zero attached hydrogens (tertiary/aromatic N) is 5. The van der Waals surface area contributed by atoms with E-state index in [0.717, 1.165) is 46.7 Å². The predicted octanol–water partition coefficient (Wildman–Crippen LogP) is 2.87. The molecule has 0 N–H and O–H groups in total. The van der Waals surface area contributed by atoms with Gasteiger partial charge in [-0.1, -0.05) is 23.7 Å². The van der Waals surface area contributed by atoms with Crippen molar-refractivity contribution in [3.05, 3.63) is 65.9 Å². The van der Waals surface area contributed by atoms with Crippen molar-refractivity contribution in [2.75, 3.05) is 63.9 Å². The minimum atomic E-state index is -4.04. The first-order valence-electron chi connectivity index (χ1n) is 14.3. The Morgan fingerprint density at radius 1 is 0.952 bits per heavy atom. The van der Waals surface area contributed by atoms with Crippen molar-refractivity contribution in [3.63, 3.8) is 0 Å². The maximum Gasteiger partial charge on any atom is 0.246 e. The van der Waals surface area contributed by atoms with Crippen molar-refractivity contribution >= 4 is 49.9 Å². The van der Waals surface area contributed by atoms with Gasteiger partial charge in [0.1, 0.15) is 6.04 Å². The summed E-state index contributed by atoms with van der Waals surface area (Å²) in [5, 5.41) is 2.11. The van der Waals surface area contributed by atoms with E-state index in [0.29, 0.717) is 37.9 Å². The third-order valence-electron chi connectivity index (χ3n) is 8.50. The van der Waals surface area contributed by atoms with Crippen molar-refractivity contribution in [2.24, 2.45) is 5.92 Å². The Bertz CT molecular complexity index is 1560. The molecule has 1 aromatic heterocycles. The van der Waals surface area contributed by atoms with Gasteiger partial charge in [0.05, 0.1) is 24.7 Å². The van der Waals surface area contributed by atoms with Gasteiger partial charge in [-0.25, -0.2) is 8.42 Å². The van der Waals surface area contributed by atoms with E-state index in [1.807, 2.05) is 12.1 Å². The largest absolute Gasteiger partial charge is 0.378 e. The number of halogens is 1. The first kappa shape index (κ1) is 28.9. The van der Waals surface area contributed by atoms with Crippen LogP contribution in [0.1, 0.15) is 12.8 Å². The van der Waals surface area contributed by atoms with Crippen molar-refractivity contribution < 1.29 is 22.7 Å². The lowest BCUT2D eigenvalue weighted by atomic mass is 9.94. The molecule has 0 radical (unpaired) electrons. The fourth-order valence-corrected chi connectivity index (χ4v) is 7.71. The number of hydrogen-bond donors (Lipinski definition) is 0. The topological polar surface area (TPSA) is 103 Å². The minimum absolute atomic E-state index is 0.0830. The molecule has 12 heteroatoms. The second-order valence-corrected chi connectivity index (χ2v) is 13.5. The van der Waals surface area contributed by atoms with E-state index in [1.165, 1.54) is 6.07 Å². The van der Waals surface area contributed by atoms with E-state index in [4.69, 9.17) is 16.3 Å². The highest BCUT2D eigenvalue weighted by molar-refractivity contribution is 7.89. The summed E-state index contributed by atoms with van der Waals surface area (Å²) in [6.45, 7) is 3.39. The van der Waals surface area contributed by atoms with E-state index in [-0.39, 0.29) is 35.7 Å². The Morgan fingerprint density at radius 3 is 2.38 bits per heavy atom. The zero-order valence-corrected chi connectivity index (χ0v) is 24.8. The molecule has 0 spiro atoms. The number of morpholine rings is 1. The summed E-state index contributed by atoms with van der Waals surface area (Å²) in [4.78, 5) is 37.3. The predicted molar refractivity (Wildman–Crippen MR) is 160 cm³/mol. The number of amides is 2. The molecule has 6 rings (SSSR count). The number of fused-ring (bicyclic) bond motifs is 1. The van der Waals surface area contributed by atoms with E-state index in [1.54, 1.807) is 52.5 Å². The van der Waals surface area contributed by atoms with Gasteiger partial charge in [0, 0.05) is 62.4 Å². The summed E-state index contributed by atoms with van der Waals surface area (Å²) < 4.78 is 34.3. The van der Waals surface area contributed by atoms with Crippen LogP contribution in [0.15, 0.2) is 65.8 Å². The highest BCUT2D eigenvalue weighted by Crippen LogP contribution is 2.29. The molecule has 2 amide bonds. The molecule has 0 saturated carbocycles. The average molecular weight is 612 g/mol. The van der Waals surface area contributed by atoms with E-state index < -0.39 is 16.1 Å². The maximum absolute atomic E-state index is 13.8. The number of sulfonamides is 1. The van der Waals surface area contributed by atoms with E-state index in [9.17, 15) is 18.0 Å². The van der Waals surface area contributed by atoms with Crippen LogP contribution in [-0.4, -0.2) is 104 Å². The number of piperazine rings is 1. The lowest BCUT2D eigenvalue weighted by Crippen LogP contribution is -2.64. The van der Waals surface area contributed by atoms with Crippen LogP contribution in [0.3, 0.4) is 0 Å². The maximum atomic E-state index is 13.8. The van der Waals surface area contributed by atoms with Gasteiger partial charge in [-0.05, 0) is 65.9 Å². The summed E-state index contributed by atoms with van der Waals surface area (Å²) in [6, 6.07) is 13.2. The number of carbonyl (C=O) groups excluding carboxylic acids is 2. The molecule has 3 aliphatic rings. The molecule has 4 heterocycles. The SMILES string of the molecule is O=C([C@H]1CN(S(=O)(=O)c2ccc3cc(Cl)ccc3c2)CC(=O)N1CC1CCN(c2ccncc2)CC1)N1CCOCC1. The number of benzene rings is 2. The van der Waals surface area contributed by atoms with Crippen LogP contribution in [0, 0.1) is 5.92 Å². The Hall–Kier alpha value is -3.25. The molecular weight excluding hydrogens is 578 g/mol. The number of aromatic nitrogens is 1. The first-order chi connectivity index (χ1) is 20.3. The zero-order valence-electron chi connectivity index (χ0n) is 23.3. The molecule has 42 heavy (non-hydrogen) atoms. The van der Waals surface area contributed by atoms with Crippen molar-refractivity contribution in [1.29, 1.82) is 0 Å². The average Bonchev–Trinajstić information content (AvgIpc) is 3.02. The van der Waals surface area contributed by atoms with Gasteiger partial charge in [-0.3, -0.25) is 14.6 Å². The number of anilines is 1. The highest BCUT2D eigenvalue weighted by atomic mass is 35.5. The van der Waals surface area contributed by atoms with Gasteiger partial charge in [0.25, 0.3) is 0 Å². The van der Waals surface area contributed by atoms with Gasteiger partial charge in [0.2, 0.25) is 21.8 Å². The zero-order chi connectivity index (χ0) is 29.3. The summed E-state index contributed by atoms with van der Waals surface area (Å²) in [5.74, 6) is -0.364. The summed E-state index contributed by atoms with van der Waals surface area (Å²) in [7, 11) is -4.04. The lowest BCUT2D eigenvalue weighted by Gasteiger charge is -2.44. The van der Waals surface area contributed by atoms with Gasteiger partial charge >= 0.3 is 0 Å². The Kier molecular flexibility index (Phi) is 8.35. The Balaban J connectivity index is 1.22. The summed E-state index contributed by atoms with van der Waals surface area (Å²) in [6.07, 6.45) is 5.30. The smallest absolute Gasteiger partial charge is 0.246 e. The molecular formula is C30H34ClN5O5S.